The zero-order chi connectivity index (χ0) is 23.6. The van der Waals surface area contributed by atoms with Gasteiger partial charge in [-0.3, -0.25) is 0 Å². The summed E-state index contributed by atoms with van der Waals surface area (Å²) >= 11 is 0. The van der Waals surface area contributed by atoms with Gasteiger partial charge in [-0.05, 0) is 113 Å². The van der Waals surface area contributed by atoms with Crippen LogP contribution in [-0.4, -0.2) is 64.8 Å². The highest BCUT2D eigenvalue weighted by atomic mass is 16.4. The summed E-state index contributed by atoms with van der Waals surface area (Å²) in [5, 5.41) is 27.5. The molecule has 0 spiro atoms. The van der Waals surface area contributed by atoms with Gasteiger partial charge in [0.05, 0.1) is 16.8 Å². The van der Waals surface area contributed by atoms with Gasteiger partial charge in [-0.15, -0.1) is 0 Å². The molecule has 6 heteroatoms. The molecule has 0 aliphatic carbocycles. The van der Waals surface area contributed by atoms with Gasteiger partial charge in [0.2, 0.25) is 0 Å². The van der Waals surface area contributed by atoms with E-state index in [0.717, 1.165) is 51.7 Å². The zero-order valence-electron chi connectivity index (χ0n) is 21.6. The topological polar surface area (TPSA) is 83.7 Å². The van der Waals surface area contributed by atoms with Crippen LogP contribution >= 0.6 is 0 Å². The van der Waals surface area contributed by atoms with Crippen LogP contribution in [0.15, 0.2) is 5.16 Å². The third-order valence-electron chi connectivity index (χ3n) is 7.55. The van der Waals surface area contributed by atoms with Gasteiger partial charge in [-0.2, -0.15) is 0 Å². The maximum atomic E-state index is 9.10. The molecular weight excluding hydrogens is 374 g/mol. The summed E-state index contributed by atoms with van der Waals surface area (Å²) in [5.74, 6) is 0.592. The Labute approximate surface area is 186 Å². The highest BCUT2D eigenvalue weighted by Gasteiger charge is 2.26. The molecule has 0 radical (unpaired) electrons. The van der Waals surface area contributed by atoms with Gasteiger partial charge in [0.1, 0.15) is 0 Å². The third-order valence-corrected chi connectivity index (χ3v) is 7.55. The van der Waals surface area contributed by atoms with Crippen LogP contribution in [0, 0.1) is 11.3 Å². The van der Waals surface area contributed by atoms with Crippen LogP contribution in [0.5, 0.6) is 0 Å². The van der Waals surface area contributed by atoms with E-state index in [0.29, 0.717) is 17.3 Å². The minimum Gasteiger partial charge on any atom is -0.411 e. The molecule has 0 amide bonds. The minimum absolute atomic E-state index is 0.251. The Morgan fingerprint density at radius 2 is 1.40 bits per heavy atom. The van der Waals surface area contributed by atoms with E-state index in [1.54, 1.807) is 0 Å². The van der Waals surface area contributed by atoms with E-state index >= 15 is 0 Å². The van der Waals surface area contributed by atoms with E-state index in [1.807, 2.05) is 13.8 Å². The van der Waals surface area contributed by atoms with E-state index in [1.165, 1.54) is 0 Å². The second-order valence-electron chi connectivity index (χ2n) is 10.3. The number of rotatable bonds is 16. The lowest BCUT2D eigenvalue weighted by Gasteiger charge is -2.38. The second-order valence-corrected chi connectivity index (χ2v) is 10.3. The average molecular weight is 426 g/mol. The van der Waals surface area contributed by atoms with Crippen LogP contribution in [0.2, 0.25) is 0 Å². The van der Waals surface area contributed by atoms with Crippen LogP contribution in [0.1, 0.15) is 94.4 Å². The molecule has 178 valence electrons. The fourth-order valence-corrected chi connectivity index (χ4v) is 3.43. The Morgan fingerprint density at radius 3 is 1.80 bits per heavy atom. The number of hydrogen-bond donors (Lipinski definition) is 4. The minimum atomic E-state index is -0.309. The molecule has 0 aromatic rings. The molecule has 0 rings (SSSR count). The summed E-state index contributed by atoms with van der Waals surface area (Å²) in [6, 6.07) is 0. The molecule has 0 saturated carbocycles. The molecule has 0 aromatic heterocycles. The Kier molecular flexibility index (Phi) is 12.4. The van der Waals surface area contributed by atoms with Crippen LogP contribution in [0.4, 0.5) is 0 Å². The Hall–Kier alpha value is -0.980. The highest BCUT2D eigenvalue weighted by molar-refractivity contribution is 5.90. The summed E-state index contributed by atoms with van der Waals surface area (Å²) in [6.45, 7) is 21.8. The van der Waals surface area contributed by atoms with Crippen LogP contribution in [-0.2, 0) is 0 Å². The van der Waals surface area contributed by atoms with Gasteiger partial charge in [-0.1, -0.05) is 19.0 Å². The smallest absolute Gasteiger partial charge is 0.0734 e. The molecule has 0 saturated heterocycles. The predicted octanol–water partition coefficient (Wildman–Crippen LogP) is 4.91. The monoisotopic (exact) mass is 425 g/mol. The molecule has 0 bridgehead atoms. The van der Waals surface area contributed by atoms with Gasteiger partial charge in [0.25, 0.3) is 0 Å². The van der Waals surface area contributed by atoms with Crippen molar-refractivity contribution in [1.29, 1.82) is 5.41 Å². The van der Waals surface area contributed by atoms with Gasteiger partial charge in [0, 0.05) is 11.3 Å². The van der Waals surface area contributed by atoms with Crippen molar-refractivity contribution in [3.05, 3.63) is 0 Å². The SMILES string of the molecule is CCC(C)(CC)N(C)CCC(CCNC(C)(C)C(C)=N)CCNC(C)(C)/C(C)=N\O. The predicted molar refractivity (Wildman–Crippen MR) is 131 cm³/mol. The van der Waals surface area contributed by atoms with E-state index in [4.69, 9.17) is 10.6 Å². The molecule has 0 aromatic carbocycles. The summed E-state index contributed by atoms with van der Waals surface area (Å²) in [6.07, 6.45) is 5.65. The molecule has 1 atom stereocenters. The van der Waals surface area contributed by atoms with Crippen molar-refractivity contribution in [3.63, 3.8) is 0 Å². The van der Waals surface area contributed by atoms with Crippen molar-refractivity contribution >= 4 is 11.4 Å². The van der Waals surface area contributed by atoms with Crippen molar-refractivity contribution in [1.82, 2.24) is 15.5 Å². The molecule has 0 aliphatic heterocycles. The standard InChI is InChI=1S/C24H51N5O/c1-11-24(9,12-2)29(10)18-15-21(13-16-26-22(5,6)19(3)25)14-17-27-23(7,8)20(4)28-30/h21,25-27,30H,11-18H2,1-10H3/b25-19?,28-20-. The third kappa shape index (κ3) is 9.44. The second kappa shape index (κ2) is 12.8. The number of nitrogens with one attached hydrogen (secondary N) is 3. The lowest BCUT2D eigenvalue weighted by molar-refractivity contribution is 0.116. The van der Waals surface area contributed by atoms with Gasteiger partial charge < -0.3 is 26.2 Å². The van der Waals surface area contributed by atoms with Crippen molar-refractivity contribution in [2.24, 2.45) is 11.1 Å². The Bertz CT molecular complexity index is 538. The zero-order valence-corrected chi connectivity index (χ0v) is 21.6. The molecule has 6 nitrogen and oxygen atoms in total. The quantitative estimate of drug-likeness (QED) is 0.161. The first-order chi connectivity index (χ1) is 13.8. The van der Waals surface area contributed by atoms with E-state index in [-0.39, 0.29) is 16.6 Å². The maximum Gasteiger partial charge on any atom is 0.0734 e. The van der Waals surface area contributed by atoms with E-state index in [9.17, 15) is 0 Å². The van der Waals surface area contributed by atoms with Crippen LogP contribution < -0.4 is 10.6 Å². The summed E-state index contributed by atoms with van der Waals surface area (Å²) in [5.41, 5.74) is 1.07. The van der Waals surface area contributed by atoms with Gasteiger partial charge in [-0.25, -0.2) is 0 Å². The van der Waals surface area contributed by atoms with Gasteiger partial charge in [0.15, 0.2) is 0 Å². The number of hydrogen-bond acceptors (Lipinski definition) is 6. The molecule has 4 N–H and O–H groups in total. The summed E-state index contributed by atoms with van der Waals surface area (Å²) in [4.78, 5) is 2.53. The first-order valence-corrected chi connectivity index (χ1v) is 11.7. The molecule has 0 aliphatic rings. The highest BCUT2D eigenvalue weighted by Crippen LogP contribution is 2.24. The molecule has 30 heavy (non-hydrogen) atoms. The number of nitrogens with zero attached hydrogens (tertiary/aromatic N) is 2. The first-order valence-electron chi connectivity index (χ1n) is 11.7. The van der Waals surface area contributed by atoms with Crippen LogP contribution in [0.3, 0.4) is 0 Å². The summed E-state index contributed by atoms with van der Waals surface area (Å²) < 4.78 is 0. The van der Waals surface area contributed by atoms with Crippen molar-refractivity contribution in [2.75, 3.05) is 26.7 Å². The Morgan fingerprint density at radius 1 is 0.933 bits per heavy atom. The lowest BCUT2D eigenvalue weighted by Crippen LogP contribution is -2.47. The lowest BCUT2D eigenvalue weighted by atomic mass is 9.91. The number of oxime groups is 1. The van der Waals surface area contributed by atoms with Crippen molar-refractivity contribution in [2.45, 2.75) is 111 Å². The van der Waals surface area contributed by atoms with Gasteiger partial charge >= 0.3 is 0 Å². The summed E-state index contributed by atoms with van der Waals surface area (Å²) in [7, 11) is 2.26. The van der Waals surface area contributed by atoms with Crippen LogP contribution in [0.25, 0.3) is 0 Å². The molecule has 1 unspecified atom stereocenters. The van der Waals surface area contributed by atoms with Crippen molar-refractivity contribution < 1.29 is 5.21 Å². The molecule has 0 fully saturated rings. The van der Waals surface area contributed by atoms with E-state index in [2.05, 4.69) is 76.2 Å². The van der Waals surface area contributed by atoms with Crippen molar-refractivity contribution in [3.8, 4) is 0 Å². The normalized spacial score (nSPS) is 15.0. The fourth-order valence-electron chi connectivity index (χ4n) is 3.43. The first kappa shape index (κ1) is 29.0. The Balaban J connectivity index is 4.93. The average Bonchev–Trinajstić information content (AvgIpc) is 2.69. The fraction of sp³-hybridized carbons (Fsp3) is 0.917. The maximum absolute atomic E-state index is 9.10. The molecular formula is C24H51N5O. The molecule has 0 heterocycles. The van der Waals surface area contributed by atoms with E-state index < -0.39 is 0 Å². The largest absolute Gasteiger partial charge is 0.411 e.